The van der Waals surface area contributed by atoms with Crippen LogP contribution in [0, 0.1) is 6.92 Å². The highest BCUT2D eigenvalue weighted by atomic mass is 16.5. The lowest BCUT2D eigenvalue weighted by atomic mass is 10.1. The number of amides is 1. The number of carbonyl (C=O) groups is 1. The van der Waals surface area contributed by atoms with E-state index in [1.807, 2.05) is 35.9 Å². The number of rotatable bonds is 3. The minimum atomic E-state index is -0.0841. The molecule has 0 spiro atoms. The molecule has 0 saturated heterocycles. The number of benzene rings is 1. The number of hydrogen-bond acceptors (Lipinski definition) is 5. The third kappa shape index (κ3) is 2.86. The Bertz CT molecular complexity index is 912. The van der Waals surface area contributed by atoms with Crippen molar-refractivity contribution in [1.82, 2.24) is 29.9 Å². The molecule has 3 heterocycles. The molecule has 0 unspecified atom stereocenters. The minimum absolute atomic E-state index is 0.0841. The van der Waals surface area contributed by atoms with Gasteiger partial charge in [0, 0.05) is 12.1 Å². The second-order valence-corrected chi connectivity index (χ2v) is 5.92. The monoisotopic (exact) mass is 338 g/mol. The van der Waals surface area contributed by atoms with Gasteiger partial charge < -0.3 is 9.64 Å². The number of ether oxygens (including phenoxy) is 1. The van der Waals surface area contributed by atoms with Crippen LogP contribution < -0.4 is 4.74 Å². The van der Waals surface area contributed by atoms with E-state index in [0.29, 0.717) is 25.3 Å². The van der Waals surface area contributed by atoms with Crippen LogP contribution in [0.4, 0.5) is 0 Å². The zero-order valence-corrected chi connectivity index (χ0v) is 14.1. The van der Waals surface area contributed by atoms with Crippen molar-refractivity contribution >= 4 is 5.91 Å². The van der Waals surface area contributed by atoms with Crippen molar-refractivity contribution in [3.05, 3.63) is 47.7 Å². The topological polar surface area (TPSA) is 88.9 Å². The zero-order valence-electron chi connectivity index (χ0n) is 14.1. The van der Waals surface area contributed by atoms with E-state index in [1.54, 1.807) is 18.1 Å². The number of aromatic amines is 1. The molecule has 8 heteroatoms. The Kier molecular flexibility index (Phi) is 3.72. The number of fused-ring (bicyclic) bond motifs is 1. The zero-order chi connectivity index (χ0) is 17.4. The fourth-order valence-electron chi connectivity index (χ4n) is 2.95. The van der Waals surface area contributed by atoms with Gasteiger partial charge >= 0.3 is 0 Å². The predicted molar refractivity (Wildman–Crippen MR) is 90.1 cm³/mol. The van der Waals surface area contributed by atoms with Crippen LogP contribution in [0.3, 0.4) is 0 Å². The summed E-state index contributed by atoms with van der Waals surface area (Å²) in [5.74, 6) is 2.24. The Morgan fingerprint density at radius 1 is 1.24 bits per heavy atom. The summed E-state index contributed by atoms with van der Waals surface area (Å²) in [5.41, 5.74) is 2.11. The molecular formula is C17H18N6O2. The van der Waals surface area contributed by atoms with E-state index in [9.17, 15) is 4.79 Å². The molecule has 8 nitrogen and oxygen atoms in total. The first-order valence-corrected chi connectivity index (χ1v) is 8.03. The third-order valence-corrected chi connectivity index (χ3v) is 4.25. The van der Waals surface area contributed by atoms with Gasteiger partial charge in [-0.05, 0) is 37.3 Å². The Hall–Kier alpha value is -3.16. The van der Waals surface area contributed by atoms with Crippen molar-refractivity contribution in [2.24, 2.45) is 0 Å². The van der Waals surface area contributed by atoms with Gasteiger partial charge in [-0.25, -0.2) is 9.67 Å². The molecule has 1 amide bonds. The summed E-state index contributed by atoms with van der Waals surface area (Å²) in [5, 5.41) is 11.4. The van der Waals surface area contributed by atoms with Crippen molar-refractivity contribution in [3.8, 4) is 17.0 Å². The molecule has 3 aromatic rings. The van der Waals surface area contributed by atoms with Gasteiger partial charge in [-0.15, -0.1) is 0 Å². The van der Waals surface area contributed by atoms with E-state index in [4.69, 9.17) is 4.74 Å². The third-order valence-electron chi connectivity index (χ3n) is 4.25. The normalized spacial score (nSPS) is 13.6. The van der Waals surface area contributed by atoms with Crippen molar-refractivity contribution in [2.45, 2.75) is 20.0 Å². The molecule has 0 fully saturated rings. The number of aryl methyl sites for hydroxylation is 1. The molecular weight excluding hydrogens is 320 g/mol. The molecule has 0 aliphatic carbocycles. The van der Waals surface area contributed by atoms with E-state index in [-0.39, 0.29) is 5.91 Å². The Morgan fingerprint density at radius 3 is 2.80 bits per heavy atom. The highest BCUT2D eigenvalue weighted by molar-refractivity contribution is 5.93. The van der Waals surface area contributed by atoms with Gasteiger partial charge in [0.2, 0.25) is 0 Å². The number of methoxy groups -OCH3 is 1. The maximum Gasteiger partial charge on any atom is 0.272 e. The fraction of sp³-hybridized carbons (Fsp3) is 0.294. The van der Waals surface area contributed by atoms with Gasteiger partial charge in [-0.2, -0.15) is 10.2 Å². The summed E-state index contributed by atoms with van der Waals surface area (Å²) in [7, 11) is 1.63. The van der Waals surface area contributed by atoms with Crippen LogP contribution in [0.5, 0.6) is 5.75 Å². The Labute approximate surface area is 144 Å². The lowest BCUT2D eigenvalue weighted by Crippen LogP contribution is -2.38. The molecule has 1 aromatic carbocycles. The van der Waals surface area contributed by atoms with Crippen molar-refractivity contribution < 1.29 is 9.53 Å². The van der Waals surface area contributed by atoms with Crippen LogP contribution in [-0.2, 0) is 13.1 Å². The quantitative estimate of drug-likeness (QED) is 0.784. The highest BCUT2D eigenvalue weighted by Crippen LogP contribution is 2.22. The molecule has 2 aromatic heterocycles. The number of nitrogens with zero attached hydrogens (tertiary/aromatic N) is 5. The van der Waals surface area contributed by atoms with Crippen LogP contribution in [0.2, 0.25) is 0 Å². The summed E-state index contributed by atoms with van der Waals surface area (Å²) in [6.07, 6.45) is 0. The average Bonchev–Trinajstić information content (AvgIpc) is 3.26. The van der Waals surface area contributed by atoms with Crippen LogP contribution >= 0.6 is 0 Å². The molecule has 1 N–H and O–H groups in total. The smallest absolute Gasteiger partial charge is 0.272 e. The first-order valence-electron chi connectivity index (χ1n) is 8.03. The van der Waals surface area contributed by atoms with Crippen LogP contribution in [0.1, 0.15) is 22.1 Å². The number of hydrogen-bond donors (Lipinski definition) is 1. The van der Waals surface area contributed by atoms with E-state index >= 15 is 0 Å². The lowest BCUT2D eigenvalue weighted by molar-refractivity contribution is 0.0696. The van der Waals surface area contributed by atoms with Gasteiger partial charge in [0.1, 0.15) is 23.1 Å². The summed E-state index contributed by atoms with van der Waals surface area (Å²) in [4.78, 5) is 18.9. The largest absolute Gasteiger partial charge is 0.497 e. The second kappa shape index (κ2) is 6.04. The summed E-state index contributed by atoms with van der Waals surface area (Å²) < 4.78 is 7.01. The molecule has 1 aliphatic heterocycles. The lowest BCUT2D eigenvalue weighted by Gasteiger charge is -2.26. The van der Waals surface area contributed by atoms with E-state index in [0.717, 1.165) is 28.7 Å². The predicted octanol–water partition coefficient (Wildman–Crippen LogP) is 1.64. The van der Waals surface area contributed by atoms with Crippen molar-refractivity contribution in [2.75, 3.05) is 13.7 Å². The summed E-state index contributed by atoms with van der Waals surface area (Å²) >= 11 is 0. The number of H-pyrrole nitrogens is 1. The second-order valence-electron chi connectivity index (χ2n) is 5.92. The van der Waals surface area contributed by atoms with Gasteiger partial charge in [-0.1, -0.05) is 0 Å². The number of carbonyl (C=O) groups excluding carboxylic acids is 1. The van der Waals surface area contributed by atoms with E-state index in [1.165, 1.54) is 0 Å². The molecule has 4 rings (SSSR count). The molecule has 0 radical (unpaired) electrons. The van der Waals surface area contributed by atoms with Gasteiger partial charge in [0.25, 0.3) is 5.91 Å². The van der Waals surface area contributed by atoms with Gasteiger partial charge in [0.15, 0.2) is 0 Å². The SMILES string of the molecule is COc1ccc(-c2cc(C(=O)N3CCn4nc(C)nc4C3)[nH]n2)cc1. The molecule has 128 valence electrons. The first-order chi connectivity index (χ1) is 12.1. The average molecular weight is 338 g/mol. The standard InChI is InChI=1S/C17H18N6O2/c1-11-18-16-10-22(7-8-23(16)21-11)17(24)15-9-14(19-20-15)12-3-5-13(25-2)6-4-12/h3-6,9H,7-8,10H2,1-2H3,(H,19,20). The highest BCUT2D eigenvalue weighted by Gasteiger charge is 2.25. The van der Waals surface area contributed by atoms with E-state index in [2.05, 4.69) is 20.3 Å². The van der Waals surface area contributed by atoms with Crippen LogP contribution in [0.25, 0.3) is 11.3 Å². The summed E-state index contributed by atoms with van der Waals surface area (Å²) in [6.45, 7) is 3.57. The molecule has 0 saturated carbocycles. The molecule has 25 heavy (non-hydrogen) atoms. The number of nitrogens with one attached hydrogen (secondary N) is 1. The maximum absolute atomic E-state index is 12.7. The van der Waals surface area contributed by atoms with Crippen LogP contribution in [0.15, 0.2) is 30.3 Å². The van der Waals surface area contributed by atoms with E-state index < -0.39 is 0 Å². The number of aromatic nitrogens is 5. The van der Waals surface area contributed by atoms with Crippen molar-refractivity contribution in [1.29, 1.82) is 0 Å². The van der Waals surface area contributed by atoms with Gasteiger partial charge in [0.05, 0.1) is 25.9 Å². The molecule has 0 atom stereocenters. The fourth-order valence-corrected chi connectivity index (χ4v) is 2.95. The van der Waals surface area contributed by atoms with Crippen LogP contribution in [-0.4, -0.2) is 49.4 Å². The Morgan fingerprint density at radius 2 is 2.04 bits per heavy atom. The van der Waals surface area contributed by atoms with Gasteiger partial charge in [-0.3, -0.25) is 9.89 Å². The minimum Gasteiger partial charge on any atom is -0.497 e. The first kappa shape index (κ1) is 15.4. The summed E-state index contributed by atoms with van der Waals surface area (Å²) in [6, 6.07) is 9.33. The molecule has 1 aliphatic rings. The maximum atomic E-state index is 12.7. The Balaban J connectivity index is 1.52. The van der Waals surface area contributed by atoms with Crippen molar-refractivity contribution in [3.63, 3.8) is 0 Å². The molecule has 0 bridgehead atoms.